The number of fused-ring (bicyclic) bond motifs is 1. The van der Waals surface area contributed by atoms with Gasteiger partial charge in [0.2, 0.25) is 15.9 Å². The monoisotopic (exact) mass is 650 g/mol. The number of H-pyrrole nitrogens is 1. The third kappa shape index (κ3) is 5.43. The van der Waals surface area contributed by atoms with Crippen LogP contribution >= 0.6 is 15.9 Å². The first-order valence-electron chi connectivity index (χ1n) is 13.0. The number of likely N-dealkylation sites (N-methyl/N-ethyl adjacent to an activating group) is 1. The number of halogens is 1. The lowest BCUT2D eigenvalue weighted by Crippen LogP contribution is -2.32. The number of benzene rings is 2. The van der Waals surface area contributed by atoms with E-state index in [1.807, 2.05) is 53.1 Å². The van der Waals surface area contributed by atoms with E-state index < -0.39 is 22.0 Å². The quantitative estimate of drug-likeness (QED) is 0.191. The molecule has 5 aromatic rings. The van der Waals surface area contributed by atoms with Crippen molar-refractivity contribution in [3.8, 4) is 17.1 Å². The van der Waals surface area contributed by atoms with Crippen molar-refractivity contribution in [1.82, 2.24) is 24.4 Å². The lowest BCUT2D eigenvalue weighted by Gasteiger charge is -2.23. The summed E-state index contributed by atoms with van der Waals surface area (Å²) in [4.78, 5) is 26.7. The molecule has 1 amide bonds. The highest BCUT2D eigenvalue weighted by atomic mass is 79.9. The van der Waals surface area contributed by atoms with Crippen LogP contribution in [0, 0.1) is 20.8 Å². The van der Waals surface area contributed by atoms with E-state index in [1.165, 1.54) is 12.1 Å². The molecule has 1 unspecified atom stereocenters. The number of nitrogens with zero attached hydrogens (tertiary/aromatic N) is 4. The molecule has 0 aliphatic heterocycles. The normalized spacial score (nSPS) is 12.7. The standard InChI is InChI=1S/C29H31BrN8O3S/c1-15-9-10-18(26(27(31)39)37(4)5)12-23(15)38-16(2)11-21(17(38)3)28-35-25-24(22(30)14-33-29(25)36-28)34-19-7-6-8-20(13-19)42(32,40)41/h6-14,26H,1-5H3,(H2,31,39)(H2,32,40,41)(H2,33,34,35,36). The minimum Gasteiger partial charge on any atom is -0.368 e. The van der Waals surface area contributed by atoms with E-state index in [0.717, 1.165) is 33.8 Å². The lowest BCUT2D eigenvalue weighted by molar-refractivity contribution is -0.122. The molecule has 218 valence electrons. The summed E-state index contributed by atoms with van der Waals surface area (Å²) in [7, 11) is -0.210. The number of nitrogens with one attached hydrogen (secondary N) is 2. The number of carbonyl (C=O) groups is 1. The minimum absolute atomic E-state index is 0.00115. The number of imidazole rings is 1. The van der Waals surface area contributed by atoms with Crippen LogP contribution < -0.4 is 16.2 Å². The second-order valence-electron chi connectivity index (χ2n) is 10.4. The topological polar surface area (TPSA) is 165 Å². The zero-order valence-electron chi connectivity index (χ0n) is 23.7. The summed E-state index contributed by atoms with van der Waals surface area (Å²) in [5.74, 6) is 0.201. The largest absolute Gasteiger partial charge is 0.368 e. The molecule has 3 heterocycles. The van der Waals surface area contributed by atoms with Gasteiger partial charge in [0.25, 0.3) is 0 Å². The zero-order valence-corrected chi connectivity index (χ0v) is 26.1. The Hall–Kier alpha value is -4.04. The van der Waals surface area contributed by atoms with Gasteiger partial charge in [0, 0.05) is 34.5 Å². The molecule has 0 saturated carbocycles. The summed E-state index contributed by atoms with van der Waals surface area (Å²) >= 11 is 3.55. The number of hydrogen-bond donors (Lipinski definition) is 4. The number of anilines is 2. The highest BCUT2D eigenvalue weighted by Gasteiger charge is 2.23. The molecule has 0 saturated heterocycles. The van der Waals surface area contributed by atoms with E-state index in [2.05, 4.69) is 41.8 Å². The van der Waals surface area contributed by atoms with Gasteiger partial charge < -0.3 is 20.6 Å². The second-order valence-corrected chi connectivity index (χ2v) is 12.8. The molecule has 0 radical (unpaired) electrons. The van der Waals surface area contributed by atoms with Crippen molar-refractivity contribution in [3.05, 3.63) is 81.7 Å². The van der Waals surface area contributed by atoms with Crippen LogP contribution in [0.2, 0.25) is 0 Å². The molecule has 0 aliphatic rings. The van der Waals surface area contributed by atoms with Crippen LogP contribution in [-0.2, 0) is 14.8 Å². The zero-order chi connectivity index (χ0) is 30.5. The molecule has 0 spiro atoms. The average Bonchev–Trinajstić information content (AvgIpc) is 3.46. The highest BCUT2D eigenvalue weighted by molar-refractivity contribution is 9.10. The number of pyridine rings is 1. The number of primary amides is 1. The number of sulfonamides is 1. The Morgan fingerprint density at radius 1 is 1.12 bits per heavy atom. The summed E-state index contributed by atoms with van der Waals surface area (Å²) in [6.45, 7) is 6.06. The maximum atomic E-state index is 12.2. The Morgan fingerprint density at radius 3 is 2.52 bits per heavy atom. The van der Waals surface area contributed by atoms with Gasteiger partial charge in [-0.15, -0.1) is 0 Å². The molecule has 0 bridgehead atoms. The van der Waals surface area contributed by atoms with Crippen LogP contribution in [-0.4, -0.2) is 52.8 Å². The highest BCUT2D eigenvalue weighted by Crippen LogP contribution is 2.36. The SMILES string of the molecule is Cc1ccc(C(C(N)=O)N(C)C)cc1-n1c(C)cc(-c2nc3ncc(Br)c(Nc4cccc(S(N)(=O)=O)c4)c3[nH]2)c1C. The number of aryl methyl sites for hydroxylation is 2. The molecule has 1 atom stereocenters. The molecule has 6 N–H and O–H groups in total. The molecule has 3 aromatic heterocycles. The second kappa shape index (κ2) is 11.0. The van der Waals surface area contributed by atoms with E-state index in [1.54, 1.807) is 23.2 Å². The van der Waals surface area contributed by atoms with Crippen molar-refractivity contribution in [1.29, 1.82) is 0 Å². The molecule has 2 aromatic carbocycles. The van der Waals surface area contributed by atoms with Gasteiger partial charge in [-0.3, -0.25) is 9.69 Å². The molecular formula is C29H31BrN8O3S. The van der Waals surface area contributed by atoms with E-state index in [-0.39, 0.29) is 4.90 Å². The third-order valence-corrected chi connectivity index (χ3v) is 8.68. The summed E-state index contributed by atoms with van der Waals surface area (Å²) in [6.07, 6.45) is 1.64. The number of rotatable bonds is 8. The van der Waals surface area contributed by atoms with Crippen LogP contribution in [0.15, 0.2) is 64.1 Å². The van der Waals surface area contributed by atoms with Gasteiger partial charge in [-0.1, -0.05) is 18.2 Å². The van der Waals surface area contributed by atoms with Crippen molar-refractivity contribution in [2.24, 2.45) is 10.9 Å². The van der Waals surface area contributed by atoms with Crippen LogP contribution in [0.25, 0.3) is 28.2 Å². The summed E-state index contributed by atoms with van der Waals surface area (Å²) in [5, 5.41) is 8.59. The maximum absolute atomic E-state index is 12.2. The fraction of sp³-hybridized carbons (Fsp3) is 0.207. The summed E-state index contributed by atoms with van der Waals surface area (Å²) < 4.78 is 26.5. The minimum atomic E-state index is -3.86. The molecule has 11 nitrogen and oxygen atoms in total. The number of primary sulfonamides is 1. The fourth-order valence-electron chi connectivity index (χ4n) is 5.21. The van der Waals surface area contributed by atoms with Crippen molar-refractivity contribution in [3.63, 3.8) is 0 Å². The maximum Gasteiger partial charge on any atom is 0.239 e. The van der Waals surface area contributed by atoms with Crippen molar-refractivity contribution < 1.29 is 13.2 Å². The third-order valence-electron chi connectivity index (χ3n) is 7.17. The van der Waals surface area contributed by atoms with Crippen molar-refractivity contribution >= 4 is 54.4 Å². The van der Waals surface area contributed by atoms with Gasteiger partial charge in [-0.05, 0) is 92.3 Å². The van der Waals surface area contributed by atoms with E-state index >= 15 is 0 Å². The number of carbonyl (C=O) groups excluding carboxylic acids is 1. The van der Waals surface area contributed by atoms with Crippen LogP contribution in [0.5, 0.6) is 0 Å². The first kappa shape index (κ1) is 29.5. The average molecular weight is 652 g/mol. The Labute approximate surface area is 252 Å². The van der Waals surface area contributed by atoms with Crippen LogP contribution in [0.1, 0.15) is 28.6 Å². The molecule has 5 rings (SSSR count). The summed E-state index contributed by atoms with van der Waals surface area (Å²) in [6, 6.07) is 13.7. The Balaban J connectivity index is 1.59. The van der Waals surface area contributed by atoms with Gasteiger partial charge in [0.15, 0.2) is 5.65 Å². The van der Waals surface area contributed by atoms with Crippen molar-refractivity contribution in [2.45, 2.75) is 31.7 Å². The van der Waals surface area contributed by atoms with E-state index in [0.29, 0.717) is 32.8 Å². The van der Waals surface area contributed by atoms with E-state index in [4.69, 9.17) is 15.9 Å². The molecule has 13 heteroatoms. The number of amides is 1. The first-order valence-corrected chi connectivity index (χ1v) is 15.3. The Bertz CT molecular complexity index is 1960. The number of hydrogen-bond acceptors (Lipinski definition) is 7. The van der Waals surface area contributed by atoms with Gasteiger partial charge in [-0.25, -0.2) is 23.5 Å². The Kier molecular flexibility index (Phi) is 7.70. The summed E-state index contributed by atoms with van der Waals surface area (Å²) in [5.41, 5.74) is 13.6. The predicted octanol–water partition coefficient (Wildman–Crippen LogP) is 4.58. The van der Waals surface area contributed by atoms with Gasteiger partial charge in [0.05, 0.1) is 15.1 Å². The van der Waals surface area contributed by atoms with Gasteiger partial charge >= 0.3 is 0 Å². The van der Waals surface area contributed by atoms with Gasteiger partial charge in [0.1, 0.15) is 17.4 Å². The predicted molar refractivity (Wildman–Crippen MR) is 167 cm³/mol. The van der Waals surface area contributed by atoms with E-state index in [9.17, 15) is 13.2 Å². The molecular weight excluding hydrogens is 620 g/mol. The smallest absolute Gasteiger partial charge is 0.239 e. The Morgan fingerprint density at radius 2 is 1.86 bits per heavy atom. The fourth-order valence-corrected chi connectivity index (χ4v) is 6.17. The van der Waals surface area contributed by atoms with Crippen LogP contribution in [0.3, 0.4) is 0 Å². The van der Waals surface area contributed by atoms with Crippen molar-refractivity contribution in [2.75, 3.05) is 19.4 Å². The molecule has 42 heavy (non-hydrogen) atoms. The van der Waals surface area contributed by atoms with Gasteiger partial charge in [-0.2, -0.15) is 0 Å². The number of aromatic amines is 1. The number of aromatic nitrogens is 4. The first-order chi connectivity index (χ1) is 19.8. The molecule has 0 fully saturated rings. The number of nitrogens with two attached hydrogens (primary N) is 2. The van der Waals surface area contributed by atoms with Crippen LogP contribution in [0.4, 0.5) is 11.4 Å². The molecule has 0 aliphatic carbocycles. The lowest BCUT2D eigenvalue weighted by atomic mass is 10.0.